The van der Waals surface area contributed by atoms with Crippen LogP contribution in [0.15, 0.2) is 30.5 Å². The van der Waals surface area contributed by atoms with Crippen LogP contribution in [0.2, 0.25) is 0 Å². The fourth-order valence-electron chi connectivity index (χ4n) is 3.27. The van der Waals surface area contributed by atoms with E-state index in [-0.39, 0.29) is 0 Å². The number of nitrogens with zero attached hydrogens (tertiary/aromatic N) is 5. The largest absolute Gasteiger partial charge is 0.291 e. The van der Waals surface area contributed by atoms with Gasteiger partial charge >= 0.3 is 0 Å². The van der Waals surface area contributed by atoms with Crippen molar-refractivity contribution in [3.8, 4) is 0 Å². The van der Waals surface area contributed by atoms with Gasteiger partial charge in [0.15, 0.2) is 0 Å². The maximum Gasteiger partial charge on any atom is 0.131 e. The number of hydrogen-bond acceptors (Lipinski definition) is 5. The molecule has 2 aromatic heterocycles. The lowest BCUT2D eigenvalue weighted by atomic mass is 10.1. The lowest BCUT2D eigenvalue weighted by molar-refractivity contribution is 0.237. The molecule has 0 N–H and O–H groups in total. The zero-order valence-corrected chi connectivity index (χ0v) is 15.0. The third-order valence-corrected chi connectivity index (χ3v) is 4.78. The molecule has 0 radical (unpaired) electrons. The molecule has 0 aliphatic carbocycles. The minimum atomic E-state index is 0.356. The first-order chi connectivity index (χ1) is 12.1. The molecule has 3 aromatic rings. The van der Waals surface area contributed by atoms with E-state index >= 15 is 0 Å². The number of hydrogen-bond donors (Lipinski definition) is 0. The van der Waals surface area contributed by atoms with Crippen molar-refractivity contribution in [3.05, 3.63) is 58.9 Å². The van der Waals surface area contributed by atoms with Crippen LogP contribution in [-0.4, -0.2) is 31.4 Å². The topological polar surface area (TPSA) is 54.8 Å². The Hall–Kier alpha value is -2.40. The normalized spacial score (nSPS) is 14.9. The van der Waals surface area contributed by atoms with Crippen LogP contribution in [0.3, 0.4) is 0 Å². The van der Waals surface area contributed by atoms with Gasteiger partial charge in [0, 0.05) is 31.7 Å². The average molecular weight is 333 g/mol. The van der Waals surface area contributed by atoms with Gasteiger partial charge in [0.05, 0.1) is 28.1 Å². The van der Waals surface area contributed by atoms with Crippen LogP contribution in [0, 0.1) is 6.92 Å². The van der Waals surface area contributed by atoms with E-state index < -0.39 is 0 Å². The van der Waals surface area contributed by atoms with Gasteiger partial charge in [-0.05, 0) is 31.0 Å². The van der Waals surface area contributed by atoms with E-state index in [1.807, 2.05) is 37.4 Å². The van der Waals surface area contributed by atoms with Crippen LogP contribution in [0.25, 0.3) is 11.0 Å². The molecule has 0 unspecified atom stereocenters. The monoisotopic (exact) mass is 333 g/mol. The van der Waals surface area contributed by atoms with Crippen LogP contribution in [0.1, 0.15) is 48.2 Å². The van der Waals surface area contributed by atoms with E-state index in [1.165, 1.54) is 5.56 Å². The Morgan fingerprint density at radius 1 is 1.08 bits per heavy atom. The molecule has 1 aliphatic rings. The fraction of sp³-hybridized carbons (Fsp3) is 0.400. The lowest BCUT2D eigenvalue weighted by Crippen LogP contribution is -2.32. The summed E-state index contributed by atoms with van der Waals surface area (Å²) in [6.07, 6.45) is 3.00. The number of aromatic nitrogens is 4. The van der Waals surface area contributed by atoms with Crippen molar-refractivity contribution in [2.24, 2.45) is 0 Å². The van der Waals surface area contributed by atoms with E-state index in [2.05, 4.69) is 23.7 Å². The molecule has 0 amide bonds. The zero-order chi connectivity index (χ0) is 17.4. The van der Waals surface area contributed by atoms with Gasteiger partial charge in [-0.2, -0.15) is 0 Å². The van der Waals surface area contributed by atoms with Crippen molar-refractivity contribution >= 4 is 11.0 Å². The van der Waals surface area contributed by atoms with Gasteiger partial charge in [-0.1, -0.05) is 26.0 Å². The van der Waals surface area contributed by atoms with Crippen LogP contribution in [0.5, 0.6) is 0 Å². The highest BCUT2D eigenvalue weighted by Crippen LogP contribution is 2.21. The third kappa shape index (κ3) is 3.24. The molecule has 0 fully saturated rings. The zero-order valence-electron chi connectivity index (χ0n) is 15.0. The number of para-hydroxylation sites is 2. The van der Waals surface area contributed by atoms with E-state index in [0.29, 0.717) is 5.92 Å². The SMILES string of the molecule is Cc1nc2ccccc2nc1CN1CCc2cnc(C(C)C)nc2C1. The van der Waals surface area contributed by atoms with Crippen LogP contribution in [-0.2, 0) is 19.5 Å². The van der Waals surface area contributed by atoms with Gasteiger partial charge in [0.25, 0.3) is 0 Å². The molecule has 0 bridgehead atoms. The Balaban J connectivity index is 1.58. The maximum atomic E-state index is 4.83. The van der Waals surface area contributed by atoms with Crippen molar-refractivity contribution in [2.75, 3.05) is 6.54 Å². The predicted molar refractivity (Wildman–Crippen MR) is 98.2 cm³/mol. The van der Waals surface area contributed by atoms with Gasteiger partial charge in [-0.25, -0.2) is 19.9 Å². The van der Waals surface area contributed by atoms with Crippen molar-refractivity contribution in [2.45, 2.75) is 46.2 Å². The van der Waals surface area contributed by atoms with Crippen molar-refractivity contribution < 1.29 is 0 Å². The first-order valence-corrected chi connectivity index (χ1v) is 8.89. The standard InChI is InChI=1S/C20H23N5/c1-13(2)20-21-10-15-8-9-25(12-19(15)24-20)11-18-14(3)22-16-6-4-5-7-17(16)23-18/h4-7,10,13H,8-9,11-12H2,1-3H3. The van der Waals surface area contributed by atoms with Crippen molar-refractivity contribution in [1.82, 2.24) is 24.8 Å². The Labute approximate surface area is 148 Å². The smallest absolute Gasteiger partial charge is 0.131 e. The highest BCUT2D eigenvalue weighted by molar-refractivity contribution is 5.74. The summed E-state index contributed by atoms with van der Waals surface area (Å²) in [6, 6.07) is 8.06. The molecule has 3 heterocycles. The highest BCUT2D eigenvalue weighted by atomic mass is 15.2. The Morgan fingerprint density at radius 3 is 2.60 bits per heavy atom. The molecule has 5 nitrogen and oxygen atoms in total. The van der Waals surface area contributed by atoms with Crippen molar-refractivity contribution in [1.29, 1.82) is 0 Å². The summed E-state index contributed by atoms with van der Waals surface area (Å²) in [5.74, 6) is 1.29. The van der Waals surface area contributed by atoms with Gasteiger partial charge < -0.3 is 0 Å². The number of rotatable bonds is 3. The highest BCUT2D eigenvalue weighted by Gasteiger charge is 2.20. The minimum absolute atomic E-state index is 0.356. The molecule has 1 aliphatic heterocycles. The Bertz CT molecular complexity index is 919. The molecule has 0 saturated carbocycles. The summed E-state index contributed by atoms with van der Waals surface area (Å²) < 4.78 is 0. The number of fused-ring (bicyclic) bond motifs is 2. The van der Waals surface area contributed by atoms with E-state index in [4.69, 9.17) is 15.0 Å². The fourth-order valence-corrected chi connectivity index (χ4v) is 3.27. The third-order valence-electron chi connectivity index (χ3n) is 4.78. The molecule has 0 saturated heterocycles. The van der Waals surface area contributed by atoms with Gasteiger partial charge in [-0.15, -0.1) is 0 Å². The molecule has 25 heavy (non-hydrogen) atoms. The maximum absolute atomic E-state index is 4.83. The second kappa shape index (κ2) is 6.48. The molecule has 1 aromatic carbocycles. The molecule has 5 heteroatoms. The van der Waals surface area contributed by atoms with Crippen LogP contribution in [0.4, 0.5) is 0 Å². The first-order valence-electron chi connectivity index (χ1n) is 8.89. The van der Waals surface area contributed by atoms with E-state index in [1.54, 1.807) is 0 Å². The number of benzene rings is 1. The molecule has 4 rings (SSSR count). The quantitative estimate of drug-likeness (QED) is 0.735. The Kier molecular flexibility index (Phi) is 4.17. The molecular formula is C20H23N5. The summed E-state index contributed by atoms with van der Waals surface area (Å²) >= 11 is 0. The van der Waals surface area contributed by atoms with Gasteiger partial charge in [0.1, 0.15) is 5.82 Å². The predicted octanol–water partition coefficient (Wildman–Crippen LogP) is 3.41. The summed E-state index contributed by atoms with van der Waals surface area (Å²) in [6.45, 7) is 8.99. The van der Waals surface area contributed by atoms with Gasteiger partial charge in [-0.3, -0.25) is 4.90 Å². The van der Waals surface area contributed by atoms with Crippen LogP contribution >= 0.6 is 0 Å². The lowest BCUT2D eigenvalue weighted by Gasteiger charge is -2.28. The molecular weight excluding hydrogens is 310 g/mol. The summed E-state index contributed by atoms with van der Waals surface area (Å²) in [7, 11) is 0. The number of aryl methyl sites for hydroxylation is 1. The summed E-state index contributed by atoms with van der Waals surface area (Å²) in [5.41, 5.74) is 6.43. The second-order valence-corrected chi connectivity index (χ2v) is 7.06. The average Bonchev–Trinajstić information content (AvgIpc) is 2.61. The van der Waals surface area contributed by atoms with Gasteiger partial charge in [0.2, 0.25) is 0 Å². The first kappa shape index (κ1) is 16.1. The van der Waals surface area contributed by atoms with Crippen LogP contribution < -0.4 is 0 Å². The summed E-state index contributed by atoms with van der Waals surface area (Å²) in [5, 5.41) is 0. The van der Waals surface area contributed by atoms with E-state index in [9.17, 15) is 0 Å². The minimum Gasteiger partial charge on any atom is -0.291 e. The summed E-state index contributed by atoms with van der Waals surface area (Å²) in [4.78, 5) is 21.2. The van der Waals surface area contributed by atoms with E-state index in [0.717, 1.165) is 60.0 Å². The molecule has 0 spiro atoms. The Morgan fingerprint density at radius 2 is 1.84 bits per heavy atom. The molecule has 0 atom stereocenters. The second-order valence-electron chi connectivity index (χ2n) is 7.06. The molecule has 128 valence electrons. The van der Waals surface area contributed by atoms with Crippen molar-refractivity contribution in [3.63, 3.8) is 0 Å².